The highest BCUT2D eigenvalue weighted by molar-refractivity contribution is 7.89. The molecule has 1 aromatic carbocycles. The van der Waals surface area contributed by atoms with E-state index >= 15 is 0 Å². The van der Waals surface area contributed by atoms with Gasteiger partial charge in [0.1, 0.15) is 0 Å². The lowest BCUT2D eigenvalue weighted by Crippen LogP contribution is -2.20. The molecule has 0 aliphatic heterocycles. The first-order valence-corrected chi connectivity index (χ1v) is 7.10. The number of nitrogens with two attached hydrogens (primary N) is 2. The molecule has 18 heavy (non-hydrogen) atoms. The summed E-state index contributed by atoms with van der Waals surface area (Å²) in [6.07, 6.45) is 0.555. The van der Waals surface area contributed by atoms with E-state index in [-0.39, 0.29) is 17.5 Å². The monoisotopic (exact) mass is 273 g/mol. The largest absolute Gasteiger partial charge is 0.399 e. The molecule has 0 heterocycles. The zero-order chi connectivity index (χ0) is 13.9. The average Bonchev–Trinajstić information content (AvgIpc) is 2.21. The summed E-state index contributed by atoms with van der Waals surface area (Å²) in [5, 5.41) is 17.1. The number of rotatable bonds is 5. The quantitative estimate of drug-likeness (QED) is 0.579. The van der Waals surface area contributed by atoms with Gasteiger partial charge < -0.3 is 16.2 Å². The van der Waals surface area contributed by atoms with Crippen molar-refractivity contribution in [2.24, 2.45) is 5.14 Å². The molecule has 0 saturated carbocycles. The Morgan fingerprint density at radius 3 is 2.56 bits per heavy atom. The number of sulfonamides is 1. The summed E-state index contributed by atoms with van der Waals surface area (Å²) in [6, 6.07) is 2.99. The first-order valence-electron chi connectivity index (χ1n) is 5.56. The number of benzene rings is 1. The molecule has 0 amide bonds. The van der Waals surface area contributed by atoms with Crippen molar-refractivity contribution in [1.29, 1.82) is 0 Å². The van der Waals surface area contributed by atoms with Gasteiger partial charge in [-0.25, -0.2) is 13.6 Å². The molecule has 0 bridgehead atoms. The number of primary sulfonamides is 1. The van der Waals surface area contributed by atoms with Crippen LogP contribution in [0.1, 0.15) is 18.9 Å². The van der Waals surface area contributed by atoms with E-state index in [1.807, 2.05) is 6.92 Å². The Kier molecular flexibility index (Phi) is 4.55. The minimum Gasteiger partial charge on any atom is -0.399 e. The van der Waals surface area contributed by atoms with Crippen LogP contribution in [-0.4, -0.2) is 26.2 Å². The molecule has 0 radical (unpaired) electrons. The topological polar surface area (TPSA) is 118 Å². The van der Waals surface area contributed by atoms with Crippen LogP contribution >= 0.6 is 0 Å². The van der Waals surface area contributed by atoms with Gasteiger partial charge in [0.15, 0.2) is 0 Å². The van der Waals surface area contributed by atoms with Gasteiger partial charge in [-0.3, -0.25) is 0 Å². The van der Waals surface area contributed by atoms with E-state index in [9.17, 15) is 8.42 Å². The highest BCUT2D eigenvalue weighted by Crippen LogP contribution is 2.26. The van der Waals surface area contributed by atoms with Gasteiger partial charge >= 0.3 is 0 Å². The van der Waals surface area contributed by atoms with Gasteiger partial charge in [0.25, 0.3) is 0 Å². The molecular formula is C11H19N3O3S. The molecule has 0 fully saturated rings. The van der Waals surface area contributed by atoms with Gasteiger partial charge in [-0.1, -0.05) is 0 Å². The van der Waals surface area contributed by atoms with Crippen molar-refractivity contribution in [1.82, 2.24) is 0 Å². The van der Waals surface area contributed by atoms with E-state index in [0.29, 0.717) is 23.4 Å². The van der Waals surface area contributed by atoms with Gasteiger partial charge in [-0.2, -0.15) is 0 Å². The van der Waals surface area contributed by atoms with Crippen molar-refractivity contribution in [3.63, 3.8) is 0 Å². The average molecular weight is 273 g/mol. The summed E-state index contributed by atoms with van der Waals surface area (Å²) >= 11 is 0. The number of aliphatic hydroxyl groups excluding tert-OH is 1. The maximum Gasteiger partial charge on any atom is 0.238 e. The van der Waals surface area contributed by atoms with Crippen molar-refractivity contribution >= 4 is 21.4 Å². The van der Waals surface area contributed by atoms with Crippen LogP contribution in [0.5, 0.6) is 0 Å². The molecule has 0 aromatic heterocycles. The van der Waals surface area contributed by atoms with Gasteiger partial charge in [0, 0.05) is 24.0 Å². The van der Waals surface area contributed by atoms with Crippen LogP contribution in [0, 0.1) is 6.92 Å². The molecule has 0 aliphatic carbocycles. The fourth-order valence-corrected chi connectivity index (χ4v) is 2.52. The molecule has 0 aliphatic rings. The van der Waals surface area contributed by atoms with E-state index in [0.717, 1.165) is 0 Å². The normalized spacial score (nSPS) is 13.3. The summed E-state index contributed by atoms with van der Waals surface area (Å²) in [4.78, 5) is 0.0150. The zero-order valence-electron chi connectivity index (χ0n) is 10.5. The number of anilines is 2. The molecule has 0 saturated heterocycles. The number of nitrogen functional groups attached to an aromatic ring is 1. The minimum absolute atomic E-state index is 0.00354. The number of hydrogen-bond donors (Lipinski definition) is 4. The molecule has 1 atom stereocenters. The van der Waals surface area contributed by atoms with Crippen LogP contribution in [0.4, 0.5) is 11.4 Å². The first kappa shape index (κ1) is 14.7. The summed E-state index contributed by atoms with van der Waals surface area (Å²) in [5.41, 5.74) is 7.12. The second-order valence-corrected chi connectivity index (χ2v) is 5.82. The maximum atomic E-state index is 11.4. The lowest BCUT2D eigenvalue weighted by Gasteiger charge is -2.18. The molecule has 0 spiro atoms. The van der Waals surface area contributed by atoms with Gasteiger partial charge in [-0.05, 0) is 38.0 Å². The third-order valence-electron chi connectivity index (χ3n) is 2.65. The van der Waals surface area contributed by atoms with Crippen molar-refractivity contribution in [2.75, 3.05) is 17.7 Å². The number of aliphatic hydroxyl groups is 1. The molecular weight excluding hydrogens is 254 g/mol. The molecule has 102 valence electrons. The third kappa shape index (κ3) is 3.59. The molecule has 6 nitrogen and oxygen atoms in total. The summed E-state index contributed by atoms with van der Waals surface area (Å²) in [5.74, 6) is 0. The van der Waals surface area contributed by atoms with Crippen LogP contribution in [0.3, 0.4) is 0 Å². The number of nitrogens with one attached hydrogen (secondary N) is 1. The molecule has 1 rings (SSSR count). The Balaban J connectivity index is 3.18. The summed E-state index contributed by atoms with van der Waals surface area (Å²) in [7, 11) is -3.80. The van der Waals surface area contributed by atoms with Crippen molar-refractivity contribution in [3.8, 4) is 0 Å². The summed E-state index contributed by atoms with van der Waals surface area (Å²) in [6.45, 7) is 3.60. The molecule has 1 aromatic rings. The lowest BCUT2D eigenvalue weighted by molar-refractivity contribution is 0.282. The smallest absolute Gasteiger partial charge is 0.238 e. The van der Waals surface area contributed by atoms with E-state index in [2.05, 4.69) is 5.32 Å². The maximum absolute atomic E-state index is 11.4. The van der Waals surface area contributed by atoms with E-state index in [1.54, 1.807) is 13.0 Å². The standard InChI is InChI=1S/C11H19N3O3S/c1-7(3-4-15)14-10-5-9(12)6-11(8(10)2)18(13,16)17/h5-7,14-15H,3-4,12H2,1-2H3,(H2,13,16,17). The first-order chi connectivity index (χ1) is 8.25. The Labute approximate surface area is 107 Å². The van der Waals surface area contributed by atoms with Crippen LogP contribution < -0.4 is 16.2 Å². The fraction of sp³-hybridized carbons (Fsp3) is 0.455. The van der Waals surface area contributed by atoms with Crippen molar-refractivity contribution in [2.45, 2.75) is 31.2 Å². The van der Waals surface area contributed by atoms with Gasteiger partial charge in [0.05, 0.1) is 4.90 Å². The minimum atomic E-state index is -3.80. The lowest BCUT2D eigenvalue weighted by atomic mass is 10.1. The predicted octanol–water partition coefficient (Wildman–Crippen LogP) is 0.407. The number of hydrogen-bond acceptors (Lipinski definition) is 5. The highest BCUT2D eigenvalue weighted by Gasteiger charge is 2.16. The Bertz CT molecular complexity index is 529. The van der Waals surface area contributed by atoms with E-state index < -0.39 is 10.0 Å². The Hall–Kier alpha value is -1.31. The SMILES string of the molecule is Cc1c(NC(C)CCO)cc(N)cc1S(N)(=O)=O. The Morgan fingerprint density at radius 1 is 1.44 bits per heavy atom. The van der Waals surface area contributed by atoms with Crippen LogP contribution in [0.15, 0.2) is 17.0 Å². The third-order valence-corrected chi connectivity index (χ3v) is 3.69. The fourth-order valence-electron chi connectivity index (χ4n) is 1.69. The molecule has 1 unspecified atom stereocenters. The van der Waals surface area contributed by atoms with Crippen molar-refractivity contribution < 1.29 is 13.5 Å². The van der Waals surface area contributed by atoms with Crippen LogP contribution in [-0.2, 0) is 10.0 Å². The zero-order valence-corrected chi connectivity index (χ0v) is 11.3. The van der Waals surface area contributed by atoms with Crippen molar-refractivity contribution in [3.05, 3.63) is 17.7 Å². The van der Waals surface area contributed by atoms with E-state index in [1.165, 1.54) is 6.07 Å². The predicted molar refractivity (Wildman–Crippen MR) is 71.8 cm³/mol. The summed E-state index contributed by atoms with van der Waals surface area (Å²) < 4.78 is 22.8. The second-order valence-electron chi connectivity index (χ2n) is 4.29. The Morgan fingerprint density at radius 2 is 2.06 bits per heavy atom. The highest BCUT2D eigenvalue weighted by atomic mass is 32.2. The second kappa shape index (κ2) is 5.55. The van der Waals surface area contributed by atoms with Gasteiger partial charge in [-0.15, -0.1) is 0 Å². The van der Waals surface area contributed by atoms with Crippen LogP contribution in [0.2, 0.25) is 0 Å². The van der Waals surface area contributed by atoms with Crippen LogP contribution in [0.25, 0.3) is 0 Å². The van der Waals surface area contributed by atoms with E-state index in [4.69, 9.17) is 16.0 Å². The van der Waals surface area contributed by atoms with Gasteiger partial charge in [0.2, 0.25) is 10.0 Å². The molecule has 7 heteroatoms. The molecule has 6 N–H and O–H groups in total.